The first-order valence-electron chi connectivity index (χ1n) is 7.20. The predicted molar refractivity (Wildman–Crippen MR) is 87.1 cm³/mol. The standard InChI is InChI=1S/C16H23ClN4/c1-4-14(18)16(12-5-7-13(17)8-6-12)21(3)11-15-19-9-10-20(15)2/h5-10,14,16H,4,11,18H2,1-3H3. The minimum atomic E-state index is 0.0662. The second-order valence-corrected chi connectivity index (χ2v) is 5.87. The molecule has 21 heavy (non-hydrogen) atoms. The summed E-state index contributed by atoms with van der Waals surface area (Å²) in [4.78, 5) is 6.64. The highest BCUT2D eigenvalue weighted by Gasteiger charge is 2.24. The summed E-state index contributed by atoms with van der Waals surface area (Å²) >= 11 is 5.99. The van der Waals surface area contributed by atoms with Gasteiger partial charge in [0.2, 0.25) is 0 Å². The molecule has 0 saturated heterocycles. The fourth-order valence-electron chi connectivity index (χ4n) is 2.58. The van der Waals surface area contributed by atoms with Crippen LogP contribution in [0.25, 0.3) is 0 Å². The van der Waals surface area contributed by atoms with Crippen LogP contribution in [-0.4, -0.2) is 27.5 Å². The Morgan fingerprint density at radius 2 is 2.00 bits per heavy atom. The zero-order valence-electron chi connectivity index (χ0n) is 12.8. The number of imidazole rings is 1. The summed E-state index contributed by atoms with van der Waals surface area (Å²) in [6.45, 7) is 2.87. The monoisotopic (exact) mass is 306 g/mol. The third-order valence-corrected chi connectivity index (χ3v) is 4.13. The van der Waals surface area contributed by atoms with Crippen LogP contribution in [0.1, 0.15) is 30.8 Å². The van der Waals surface area contributed by atoms with Crippen molar-refractivity contribution in [1.29, 1.82) is 0 Å². The largest absolute Gasteiger partial charge is 0.337 e. The molecule has 2 aromatic rings. The topological polar surface area (TPSA) is 47.1 Å². The SMILES string of the molecule is CCC(N)C(c1ccc(Cl)cc1)N(C)Cc1nccn1C. The molecule has 0 fully saturated rings. The highest BCUT2D eigenvalue weighted by Crippen LogP contribution is 2.26. The molecule has 0 aliphatic heterocycles. The van der Waals surface area contributed by atoms with Crippen molar-refractivity contribution in [3.63, 3.8) is 0 Å². The molecule has 4 nitrogen and oxygen atoms in total. The van der Waals surface area contributed by atoms with E-state index >= 15 is 0 Å². The number of rotatable bonds is 6. The van der Waals surface area contributed by atoms with Crippen LogP contribution in [0, 0.1) is 0 Å². The van der Waals surface area contributed by atoms with Crippen molar-refractivity contribution in [3.05, 3.63) is 53.1 Å². The number of halogens is 1. The second-order valence-electron chi connectivity index (χ2n) is 5.44. The van der Waals surface area contributed by atoms with E-state index in [0.29, 0.717) is 0 Å². The molecule has 0 aliphatic carbocycles. The van der Waals surface area contributed by atoms with E-state index in [1.165, 1.54) is 5.56 Å². The van der Waals surface area contributed by atoms with Gasteiger partial charge in [0.1, 0.15) is 5.82 Å². The Balaban J connectivity index is 2.23. The van der Waals surface area contributed by atoms with Crippen LogP contribution < -0.4 is 5.73 Å². The van der Waals surface area contributed by atoms with Gasteiger partial charge >= 0.3 is 0 Å². The molecule has 5 heteroatoms. The maximum atomic E-state index is 6.35. The van der Waals surface area contributed by atoms with Crippen LogP contribution in [0.4, 0.5) is 0 Å². The van der Waals surface area contributed by atoms with Gasteiger partial charge < -0.3 is 10.3 Å². The number of likely N-dealkylation sites (N-methyl/N-ethyl adjacent to an activating group) is 1. The lowest BCUT2D eigenvalue weighted by atomic mass is 9.96. The van der Waals surface area contributed by atoms with Crippen molar-refractivity contribution in [2.75, 3.05) is 7.05 Å². The molecule has 0 spiro atoms. The average Bonchev–Trinajstić information content (AvgIpc) is 2.86. The second kappa shape index (κ2) is 7.07. The molecule has 0 aliphatic rings. The highest BCUT2D eigenvalue weighted by molar-refractivity contribution is 6.30. The average molecular weight is 307 g/mol. The van der Waals surface area contributed by atoms with Gasteiger partial charge in [-0.1, -0.05) is 30.7 Å². The maximum Gasteiger partial charge on any atom is 0.122 e. The van der Waals surface area contributed by atoms with Crippen molar-refractivity contribution in [2.45, 2.75) is 32.0 Å². The summed E-state index contributed by atoms with van der Waals surface area (Å²) in [7, 11) is 4.09. The van der Waals surface area contributed by atoms with Gasteiger partial charge in [0.25, 0.3) is 0 Å². The Bertz CT molecular complexity index is 564. The van der Waals surface area contributed by atoms with Gasteiger partial charge in [-0.05, 0) is 31.2 Å². The molecule has 0 saturated carbocycles. The van der Waals surface area contributed by atoms with Crippen molar-refractivity contribution >= 4 is 11.6 Å². The summed E-state index contributed by atoms with van der Waals surface area (Å²) in [6, 6.07) is 8.15. The molecule has 0 amide bonds. The van der Waals surface area contributed by atoms with Crippen molar-refractivity contribution < 1.29 is 0 Å². The van der Waals surface area contributed by atoms with E-state index in [9.17, 15) is 0 Å². The van der Waals surface area contributed by atoms with E-state index in [4.69, 9.17) is 17.3 Å². The third kappa shape index (κ3) is 3.84. The molecule has 2 unspecified atom stereocenters. The number of nitrogens with zero attached hydrogens (tertiary/aromatic N) is 3. The van der Waals surface area contributed by atoms with Gasteiger partial charge in [-0.2, -0.15) is 0 Å². The molecular formula is C16H23ClN4. The van der Waals surface area contributed by atoms with E-state index in [0.717, 1.165) is 23.8 Å². The zero-order chi connectivity index (χ0) is 15.4. The van der Waals surface area contributed by atoms with Gasteiger partial charge in [0.15, 0.2) is 0 Å². The summed E-state index contributed by atoms with van der Waals surface area (Å²) in [5.74, 6) is 1.03. The van der Waals surface area contributed by atoms with Crippen LogP contribution in [0.2, 0.25) is 5.02 Å². The Morgan fingerprint density at radius 3 is 2.52 bits per heavy atom. The first kappa shape index (κ1) is 16.0. The van der Waals surface area contributed by atoms with Gasteiger partial charge in [0.05, 0.1) is 12.6 Å². The Hall–Kier alpha value is -1.36. The molecule has 114 valence electrons. The van der Waals surface area contributed by atoms with Crippen molar-refractivity contribution in [3.8, 4) is 0 Å². The Kier molecular flexibility index (Phi) is 5.39. The van der Waals surface area contributed by atoms with Gasteiger partial charge in [-0.25, -0.2) is 4.98 Å². The van der Waals surface area contributed by atoms with Crippen LogP contribution in [0.5, 0.6) is 0 Å². The van der Waals surface area contributed by atoms with Gasteiger partial charge in [-0.15, -0.1) is 0 Å². The molecule has 0 radical (unpaired) electrons. The van der Waals surface area contributed by atoms with Crippen molar-refractivity contribution in [2.24, 2.45) is 12.8 Å². The van der Waals surface area contributed by atoms with Gasteiger partial charge in [0, 0.05) is 30.5 Å². The van der Waals surface area contributed by atoms with Gasteiger partial charge in [-0.3, -0.25) is 4.90 Å². The normalized spacial score (nSPS) is 14.4. The van der Waals surface area contributed by atoms with E-state index in [1.54, 1.807) is 0 Å². The van der Waals surface area contributed by atoms with Crippen LogP contribution in [-0.2, 0) is 13.6 Å². The first-order valence-corrected chi connectivity index (χ1v) is 7.58. The number of hydrogen-bond donors (Lipinski definition) is 1. The number of nitrogens with two attached hydrogens (primary N) is 1. The highest BCUT2D eigenvalue weighted by atomic mass is 35.5. The smallest absolute Gasteiger partial charge is 0.122 e. The number of hydrogen-bond acceptors (Lipinski definition) is 3. The lowest BCUT2D eigenvalue weighted by Gasteiger charge is -2.32. The van der Waals surface area contributed by atoms with E-state index in [2.05, 4.69) is 36.0 Å². The molecule has 1 heterocycles. The van der Waals surface area contributed by atoms with Crippen molar-refractivity contribution in [1.82, 2.24) is 14.5 Å². The summed E-state index contributed by atoms with van der Waals surface area (Å²) in [5, 5.41) is 0.745. The quantitative estimate of drug-likeness (QED) is 0.892. The molecule has 2 atom stereocenters. The Morgan fingerprint density at radius 1 is 1.33 bits per heavy atom. The summed E-state index contributed by atoms with van der Waals surface area (Å²) in [6.07, 6.45) is 4.69. The predicted octanol–water partition coefficient (Wildman–Crippen LogP) is 2.98. The minimum Gasteiger partial charge on any atom is -0.337 e. The zero-order valence-corrected chi connectivity index (χ0v) is 13.6. The summed E-state index contributed by atoms with van der Waals surface area (Å²) in [5.41, 5.74) is 7.54. The van der Waals surface area contributed by atoms with Crippen LogP contribution in [0.3, 0.4) is 0 Å². The lowest BCUT2D eigenvalue weighted by molar-refractivity contribution is 0.195. The molecule has 1 aromatic heterocycles. The molecule has 2 N–H and O–H groups in total. The van der Waals surface area contributed by atoms with Crippen LogP contribution >= 0.6 is 11.6 Å². The molecule has 0 bridgehead atoms. The first-order chi connectivity index (χ1) is 10.0. The fraction of sp³-hybridized carbons (Fsp3) is 0.438. The third-order valence-electron chi connectivity index (χ3n) is 3.88. The number of aromatic nitrogens is 2. The van der Waals surface area contributed by atoms with Crippen LogP contribution in [0.15, 0.2) is 36.7 Å². The number of aryl methyl sites for hydroxylation is 1. The fourth-order valence-corrected chi connectivity index (χ4v) is 2.71. The molecular weight excluding hydrogens is 284 g/mol. The maximum absolute atomic E-state index is 6.35. The minimum absolute atomic E-state index is 0.0662. The molecule has 2 rings (SSSR count). The van der Waals surface area contributed by atoms with E-state index in [1.807, 2.05) is 36.1 Å². The molecule has 1 aromatic carbocycles. The summed E-state index contributed by atoms with van der Waals surface area (Å²) < 4.78 is 2.03. The van der Waals surface area contributed by atoms with E-state index in [-0.39, 0.29) is 12.1 Å². The number of benzene rings is 1. The van der Waals surface area contributed by atoms with E-state index < -0.39 is 0 Å². The Labute approximate surface area is 131 Å². The lowest BCUT2D eigenvalue weighted by Crippen LogP contribution is -2.38.